The van der Waals surface area contributed by atoms with E-state index in [2.05, 4.69) is 5.32 Å². The number of benzene rings is 3. The fraction of sp³-hybridized carbons (Fsp3) is 0.148. The lowest BCUT2D eigenvalue weighted by atomic mass is 9.97. The van der Waals surface area contributed by atoms with Gasteiger partial charge in [0.05, 0.1) is 12.8 Å². The van der Waals surface area contributed by atoms with Crippen LogP contribution in [0.5, 0.6) is 5.75 Å². The monoisotopic (exact) mass is 456 g/mol. The number of ether oxygens (including phenoxy) is 2. The Labute approximate surface area is 196 Å². The smallest absolute Gasteiger partial charge is 0.356 e. The van der Waals surface area contributed by atoms with Crippen molar-refractivity contribution in [1.29, 1.82) is 0 Å². The Hall–Kier alpha value is -4.39. The van der Waals surface area contributed by atoms with Crippen molar-refractivity contribution in [3.8, 4) is 16.9 Å². The number of anilines is 1. The summed E-state index contributed by atoms with van der Waals surface area (Å²) >= 11 is 0. The highest BCUT2D eigenvalue weighted by Gasteiger charge is 2.26. The van der Waals surface area contributed by atoms with Gasteiger partial charge >= 0.3 is 5.97 Å². The third-order valence-electron chi connectivity index (χ3n) is 5.58. The lowest BCUT2D eigenvalue weighted by molar-refractivity contribution is -0.123. The van der Waals surface area contributed by atoms with Gasteiger partial charge in [-0.05, 0) is 36.1 Å². The Balaban J connectivity index is 1.72. The number of hydrogen-bond acceptors (Lipinski definition) is 5. The summed E-state index contributed by atoms with van der Waals surface area (Å²) in [6.07, 6.45) is -1.12. The number of aromatic nitrogens is 1. The standard InChI is InChI=1S/C27H24N2O5/c1-17(25(30)28-21-15-9-10-16-22(21)33-3)34-27(32)24-23(18-11-5-4-6-12-18)19-13-7-8-14-20(19)26(31)29(24)2/h4-17H,1-3H3,(H,28,30). The normalized spacial score (nSPS) is 11.6. The molecule has 7 nitrogen and oxygen atoms in total. The highest BCUT2D eigenvalue weighted by atomic mass is 16.5. The van der Waals surface area contributed by atoms with Crippen molar-refractivity contribution in [2.45, 2.75) is 13.0 Å². The first-order valence-electron chi connectivity index (χ1n) is 10.7. The summed E-state index contributed by atoms with van der Waals surface area (Å²) < 4.78 is 12.1. The molecule has 0 bridgehead atoms. The third kappa shape index (κ3) is 4.28. The average Bonchev–Trinajstić information content (AvgIpc) is 2.86. The molecule has 34 heavy (non-hydrogen) atoms. The largest absolute Gasteiger partial charge is 0.495 e. The van der Waals surface area contributed by atoms with Gasteiger partial charge in [-0.3, -0.25) is 9.59 Å². The fourth-order valence-corrected chi connectivity index (χ4v) is 3.85. The molecule has 1 N–H and O–H groups in total. The maximum atomic E-state index is 13.4. The van der Waals surface area contributed by atoms with E-state index in [1.54, 1.807) is 42.5 Å². The van der Waals surface area contributed by atoms with Crippen molar-refractivity contribution >= 4 is 28.3 Å². The molecule has 0 fully saturated rings. The summed E-state index contributed by atoms with van der Waals surface area (Å²) in [7, 11) is 3.02. The van der Waals surface area contributed by atoms with E-state index in [0.29, 0.717) is 27.8 Å². The number of amides is 1. The molecule has 0 saturated heterocycles. The van der Waals surface area contributed by atoms with E-state index in [4.69, 9.17) is 9.47 Å². The third-order valence-corrected chi connectivity index (χ3v) is 5.58. The van der Waals surface area contributed by atoms with E-state index >= 15 is 0 Å². The zero-order chi connectivity index (χ0) is 24.2. The number of pyridine rings is 1. The Morgan fingerprint density at radius 1 is 0.882 bits per heavy atom. The molecule has 3 aromatic carbocycles. The Bertz CT molecular complexity index is 1430. The molecule has 0 radical (unpaired) electrons. The van der Waals surface area contributed by atoms with Crippen molar-refractivity contribution in [2.24, 2.45) is 7.05 Å². The van der Waals surface area contributed by atoms with E-state index in [0.717, 1.165) is 5.56 Å². The number of rotatable bonds is 6. The molecule has 4 aromatic rings. The van der Waals surface area contributed by atoms with Gasteiger partial charge in [-0.25, -0.2) is 4.79 Å². The van der Waals surface area contributed by atoms with Gasteiger partial charge < -0.3 is 19.4 Å². The predicted molar refractivity (Wildman–Crippen MR) is 131 cm³/mol. The number of carbonyl (C=O) groups excluding carboxylic acids is 2. The molecule has 1 unspecified atom stereocenters. The highest BCUT2D eigenvalue weighted by molar-refractivity contribution is 6.07. The number of methoxy groups -OCH3 is 1. The van der Waals surface area contributed by atoms with Crippen LogP contribution in [0.2, 0.25) is 0 Å². The number of nitrogens with zero attached hydrogens (tertiary/aromatic N) is 1. The lowest BCUT2D eigenvalue weighted by Crippen LogP contribution is -2.33. The van der Waals surface area contributed by atoms with Crippen LogP contribution < -0.4 is 15.6 Å². The van der Waals surface area contributed by atoms with Crippen molar-refractivity contribution < 1.29 is 19.1 Å². The first-order chi connectivity index (χ1) is 16.4. The minimum Gasteiger partial charge on any atom is -0.495 e. The van der Waals surface area contributed by atoms with E-state index in [-0.39, 0.29) is 11.3 Å². The average molecular weight is 456 g/mol. The van der Waals surface area contributed by atoms with Crippen molar-refractivity contribution in [3.05, 3.63) is 94.9 Å². The summed E-state index contributed by atoms with van der Waals surface area (Å²) in [6, 6.07) is 23.4. The zero-order valence-corrected chi connectivity index (χ0v) is 19.1. The Kier molecular flexibility index (Phi) is 6.45. The van der Waals surface area contributed by atoms with Crippen molar-refractivity contribution in [2.75, 3.05) is 12.4 Å². The maximum Gasteiger partial charge on any atom is 0.356 e. The first kappa shape index (κ1) is 22.8. The fourth-order valence-electron chi connectivity index (χ4n) is 3.85. The predicted octanol–water partition coefficient (Wildman–Crippen LogP) is 4.40. The topological polar surface area (TPSA) is 86.6 Å². The van der Waals surface area contributed by atoms with Crippen LogP contribution in [0.3, 0.4) is 0 Å². The molecule has 1 amide bonds. The van der Waals surface area contributed by atoms with Crippen LogP contribution in [0.25, 0.3) is 21.9 Å². The van der Waals surface area contributed by atoms with Gasteiger partial charge in [-0.2, -0.15) is 0 Å². The number of esters is 1. The molecule has 0 aliphatic rings. The Morgan fingerprint density at radius 3 is 2.21 bits per heavy atom. The number of fused-ring (bicyclic) bond motifs is 1. The summed E-state index contributed by atoms with van der Waals surface area (Å²) in [5, 5.41) is 3.83. The lowest BCUT2D eigenvalue weighted by Gasteiger charge is -2.19. The molecule has 0 saturated carbocycles. The van der Waals surface area contributed by atoms with E-state index in [9.17, 15) is 14.4 Å². The van der Waals surface area contributed by atoms with Crippen LogP contribution in [-0.2, 0) is 16.6 Å². The number of carbonyl (C=O) groups is 2. The van der Waals surface area contributed by atoms with Gasteiger partial charge in [-0.15, -0.1) is 0 Å². The molecule has 4 rings (SSSR count). The molecule has 1 aromatic heterocycles. The molecule has 1 atom stereocenters. The second-order valence-corrected chi connectivity index (χ2v) is 7.74. The SMILES string of the molecule is COc1ccccc1NC(=O)C(C)OC(=O)c1c(-c2ccccc2)c2ccccc2c(=O)n1C. The Morgan fingerprint density at radius 2 is 1.50 bits per heavy atom. The summed E-state index contributed by atoms with van der Waals surface area (Å²) in [5.41, 5.74) is 1.54. The van der Waals surface area contributed by atoms with E-state index < -0.39 is 18.0 Å². The molecule has 172 valence electrons. The number of para-hydroxylation sites is 2. The molecule has 7 heteroatoms. The minimum absolute atomic E-state index is 0.0758. The number of hydrogen-bond donors (Lipinski definition) is 1. The van der Waals surface area contributed by atoms with E-state index in [1.807, 2.05) is 36.4 Å². The first-order valence-corrected chi connectivity index (χ1v) is 10.7. The second-order valence-electron chi connectivity index (χ2n) is 7.74. The second kappa shape index (κ2) is 9.62. The molecular formula is C27H24N2O5. The van der Waals surface area contributed by atoms with Crippen LogP contribution in [0.4, 0.5) is 5.69 Å². The van der Waals surface area contributed by atoms with Gasteiger partial charge in [0, 0.05) is 18.0 Å². The van der Waals surface area contributed by atoms with Crippen LogP contribution in [0, 0.1) is 0 Å². The van der Waals surface area contributed by atoms with Crippen molar-refractivity contribution in [1.82, 2.24) is 4.57 Å². The minimum atomic E-state index is -1.12. The van der Waals surface area contributed by atoms with E-state index in [1.165, 1.54) is 25.6 Å². The van der Waals surface area contributed by atoms with Crippen LogP contribution in [-0.4, -0.2) is 29.7 Å². The van der Waals surface area contributed by atoms with Gasteiger partial charge in [-0.1, -0.05) is 60.7 Å². The maximum absolute atomic E-state index is 13.4. The molecule has 0 spiro atoms. The quantitative estimate of drug-likeness (QED) is 0.435. The van der Waals surface area contributed by atoms with Crippen LogP contribution >= 0.6 is 0 Å². The molecular weight excluding hydrogens is 432 g/mol. The molecule has 1 heterocycles. The van der Waals surface area contributed by atoms with Gasteiger partial charge in [0.1, 0.15) is 11.4 Å². The zero-order valence-electron chi connectivity index (χ0n) is 19.1. The summed E-state index contributed by atoms with van der Waals surface area (Å²) in [6.45, 7) is 1.48. The van der Waals surface area contributed by atoms with Gasteiger partial charge in [0.2, 0.25) is 0 Å². The van der Waals surface area contributed by atoms with Gasteiger partial charge in [0.25, 0.3) is 11.5 Å². The summed E-state index contributed by atoms with van der Waals surface area (Å²) in [5.74, 6) is -0.811. The van der Waals surface area contributed by atoms with Crippen molar-refractivity contribution in [3.63, 3.8) is 0 Å². The number of nitrogens with one attached hydrogen (secondary N) is 1. The summed E-state index contributed by atoms with van der Waals surface area (Å²) in [4.78, 5) is 39.1. The molecule has 0 aliphatic heterocycles. The highest BCUT2D eigenvalue weighted by Crippen LogP contribution is 2.31. The van der Waals surface area contributed by atoms with Gasteiger partial charge in [0.15, 0.2) is 6.10 Å². The van der Waals surface area contributed by atoms with Crippen LogP contribution in [0.1, 0.15) is 17.4 Å². The van der Waals surface area contributed by atoms with Crippen LogP contribution in [0.15, 0.2) is 83.7 Å². The molecule has 0 aliphatic carbocycles.